The van der Waals surface area contributed by atoms with Crippen LogP contribution in [0.3, 0.4) is 0 Å². The summed E-state index contributed by atoms with van der Waals surface area (Å²) < 4.78 is 0. The standard InChI is InChI=1S/C17H23ClN2O/c18-17(11-10-16-8-3-1-4-9-16)19-21-15-7-14-20-12-5-2-6-13-20/h1,3-4,8-10,19H,2,5-7,12-15H2. The van der Waals surface area contributed by atoms with Crippen LogP contribution in [0.5, 0.6) is 0 Å². The van der Waals surface area contributed by atoms with Crippen LogP contribution in [0.2, 0.25) is 0 Å². The Labute approximate surface area is 132 Å². The second kappa shape index (κ2) is 9.64. The van der Waals surface area contributed by atoms with Crippen molar-refractivity contribution in [2.75, 3.05) is 26.2 Å². The van der Waals surface area contributed by atoms with E-state index in [1.165, 1.54) is 32.4 Å². The van der Waals surface area contributed by atoms with Crippen LogP contribution in [0.25, 0.3) is 6.08 Å². The molecule has 1 saturated heterocycles. The van der Waals surface area contributed by atoms with Crippen LogP contribution in [0.1, 0.15) is 31.2 Å². The first-order chi connectivity index (χ1) is 10.3. The molecule has 0 atom stereocenters. The molecule has 0 saturated carbocycles. The smallest absolute Gasteiger partial charge is 0.169 e. The Bertz CT molecular complexity index is 463. The van der Waals surface area contributed by atoms with Gasteiger partial charge in [-0.3, -0.25) is 4.84 Å². The maximum atomic E-state index is 5.99. The Morgan fingerprint density at radius 3 is 2.76 bits per heavy atom. The SMILES string of the molecule is ClC(=C=Cc1ccccc1)NOCCCN1CCCCC1. The fourth-order valence-electron chi connectivity index (χ4n) is 2.38. The number of benzene rings is 1. The number of nitrogens with zero attached hydrogens (tertiary/aromatic N) is 1. The van der Waals surface area contributed by atoms with Gasteiger partial charge in [0.2, 0.25) is 0 Å². The van der Waals surface area contributed by atoms with Crippen LogP contribution in [-0.2, 0) is 4.84 Å². The van der Waals surface area contributed by atoms with Crippen LogP contribution in [-0.4, -0.2) is 31.1 Å². The lowest BCUT2D eigenvalue weighted by molar-refractivity contribution is 0.0589. The monoisotopic (exact) mass is 306 g/mol. The van der Waals surface area contributed by atoms with Gasteiger partial charge >= 0.3 is 0 Å². The van der Waals surface area contributed by atoms with Crippen molar-refractivity contribution >= 4 is 17.7 Å². The third-order valence-electron chi connectivity index (χ3n) is 3.50. The molecule has 0 unspecified atom stereocenters. The van der Waals surface area contributed by atoms with Crippen LogP contribution in [0.4, 0.5) is 0 Å². The fourth-order valence-corrected chi connectivity index (χ4v) is 2.49. The average Bonchev–Trinajstić information content (AvgIpc) is 2.54. The number of rotatable bonds is 7. The van der Waals surface area contributed by atoms with Gasteiger partial charge in [0.05, 0.1) is 6.61 Å². The Kier molecular flexibility index (Phi) is 7.41. The predicted molar refractivity (Wildman–Crippen MR) is 87.8 cm³/mol. The third-order valence-corrected chi connectivity index (χ3v) is 3.68. The van der Waals surface area contributed by atoms with E-state index in [1.54, 1.807) is 0 Å². The van der Waals surface area contributed by atoms with E-state index < -0.39 is 0 Å². The average molecular weight is 307 g/mol. The van der Waals surface area contributed by atoms with Gasteiger partial charge in [-0.05, 0) is 44.0 Å². The zero-order valence-electron chi connectivity index (χ0n) is 12.4. The molecule has 1 aromatic carbocycles. The van der Waals surface area contributed by atoms with Crippen molar-refractivity contribution in [1.29, 1.82) is 0 Å². The summed E-state index contributed by atoms with van der Waals surface area (Å²) in [6.07, 6.45) is 6.88. The van der Waals surface area contributed by atoms with Gasteiger partial charge in [0, 0.05) is 6.54 Å². The zero-order chi connectivity index (χ0) is 14.8. The Balaban J connectivity index is 1.60. The number of hydrogen-bond donors (Lipinski definition) is 1. The minimum Gasteiger partial charge on any atom is -0.303 e. The zero-order valence-corrected chi connectivity index (χ0v) is 13.1. The van der Waals surface area contributed by atoms with Gasteiger partial charge in [0.15, 0.2) is 5.16 Å². The van der Waals surface area contributed by atoms with Crippen LogP contribution in [0.15, 0.2) is 41.2 Å². The van der Waals surface area contributed by atoms with Crippen LogP contribution >= 0.6 is 11.6 Å². The number of piperidine rings is 1. The third kappa shape index (κ3) is 6.83. The lowest BCUT2D eigenvalue weighted by Gasteiger charge is -2.26. The second-order valence-corrected chi connectivity index (χ2v) is 5.60. The molecule has 4 heteroatoms. The number of nitrogens with one attached hydrogen (secondary N) is 1. The van der Waals surface area contributed by atoms with E-state index in [0.717, 1.165) is 18.5 Å². The van der Waals surface area contributed by atoms with E-state index >= 15 is 0 Å². The Morgan fingerprint density at radius 1 is 1.24 bits per heavy atom. The fraction of sp³-hybridized carbons (Fsp3) is 0.471. The molecule has 0 amide bonds. The van der Waals surface area contributed by atoms with E-state index in [0.29, 0.717) is 11.8 Å². The van der Waals surface area contributed by atoms with Crippen molar-refractivity contribution in [3.63, 3.8) is 0 Å². The van der Waals surface area contributed by atoms with Crippen LogP contribution in [0, 0.1) is 0 Å². The summed E-state index contributed by atoms with van der Waals surface area (Å²) in [6, 6.07) is 9.93. The molecule has 1 aliphatic heterocycles. The van der Waals surface area contributed by atoms with E-state index in [1.807, 2.05) is 36.4 Å². The Morgan fingerprint density at radius 2 is 2.00 bits per heavy atom. The molecule has 2 rings (SSSR count). The minimum atomic E-state index is 0.372. The van der Waals surface area contributed by atoms with E-state index in [2.05, 4.69) is 16.1 Å². The van der Waals surface area contributed by atoms with Gasteiger partial charge in [0.1, 0.15) is 0 Å². The molecule has 0 spiro atoms. The summed E-state index contributed by atoms with van der Waals surface area (Å²) in [5.74, 6) is 0. The first kappa shape index (κ1) is 16.1. The molecule has 1 N–H and O–H groups in total. The molecule has 1 aromatic rings. The molecule has 1 aliphatic rings. The molecule has 0 aromatic heterocycles. The number of halogens is 1. The minimum absolute atomic E-state index is 0.372. The van der Waals surface area contributed by atoms with Crippen molar-refractivity contribution in [3.05, 3.63) is 46.8 Å². The normalized spacial score (nSPS) is 15.3. The summed E-state index contributed by atoms with van der Waals surface area (Å²) in [5, 5.41) is 0.372. The summed E-state index contributed by atoms with van der Waals surface area (Å²) in [5.41, 5.74) is 6.72. The van der Waals surface area contributed by atoms with Gasteiger partial charge in [0.25, 0.3) is 0 Å². The van der Waals surface area contributed by atoms with Crippen molar-refractivity contribution in [1.82, 2.24) is 10.4 Å². The summed E-state index contributed by atoms with van der Waals surface area (Å²) in [4.78, 5) is 7.85. The topological polar surface area (TPSA) is 24.5 Å². The van der Waals surface area contributed by atoms with Crippen molar-refractivity contribution in [2.45, 2.75) is 25.7 Å². The first-order valence-corrected chi connectivity index (χ1v) is 8.00. The molecule has 0 aliphatic carbocycles. The summed E-state index contributed by atoms with van der Waals surface area (Å²) in [7, 11) is 0. The number of likely N-dealkylation sites (tertiary alicyclic amines) is 1. The highest BCUT2D eigenvalue weighted by Crippen LogP contribution is 2.08. The van der Waals surface area contributed by atoms with Crippen LogP contribution < -0.4 is 5.48 Å². The number of hydroxylamine groups is 1. The quantitative estimate of drug-likeness (QED) is 0.359. The molecule has 114 valence electrons. The molecule has 0 radical (unpaired) electrons. The molecule has 21 heavy (non-hydrogen) atoms. The molecular weight excluding hydrogens is 284 g/mol. The molecule has 3 nitrogen and oxygen atoms in total. The van der Waals surface area contributed by atoms with E-state index in [9.17, 15) is 0 Å². The van der Waals surface area contributed by atoms with Gasteiger partial charge < -0.3 is 4.90 Å². The molecule has 0 bridgehead atoms. The van der Waals surface area contributed by atoms with Gasteiger partial charge in [-0.2, -0.15) is 0 Å². The Hall–Kier alpha value is -1.25. The predicted octanol–water partition coefficient (Wildman–Crippen LogP) is 3.78. The highest BCUT2D eigenvalue weighted by molar-refractivity contribution is 6.29. The second-order valence-electron chi connectivity index (χ2n) is 5.22. The van der Waals surface area contributed by atoms with Gasteiger partial charge in [-0.1, -0.05) is 54.1 Å². The summed E-state index contributed by atoms with van der Waals surface area (Å²) in [6.45, 7) is 4.21. The van der Waals surface area contributed by atoms with Crippen molar-refractivity contribution in [2.24, 2.45) is 0 Å². The van der Waals surface area contributed by atoms with Crippen molar-refractivity contribution in [3.8, 4) is 0 Å². The number of hydrogen-bond acceptors (Lipinski definition) is 3. The first-order valence-electron chi connectivity index (χ1n) is 7.62. The van der Waals surface area contributed by atoms with E-state index in [-0.39, 0.29) is 0 Å². The largest absolute Gasteiger partial charge is 0.303 e. The maximum absolute atomic E-state index is 5.99. The summed E-state index contributed by atoms with van der Waals surface area (Å²) >= 11 is 5.99. The van der Waals surface area contributed by atoms with E-state index in [4.69, 9.17) is 16.4 Å². The molecular formula is C17H23ClN2O. The van der Waals surface area contributed by atoms with Gasteiger partial charge in [-0.15, -0.1) is 0 Å². The lowest BCUT2D eigenvalue weighted by Crippen LogP contribution is -2.31. The lowest BCUT2D eigenvalue weighted by atomic mass is 10.1. The molecule has 1 heterocycles. The molecule has 1 fully saturated rings. The highest BCUT2D eigenvalue weighted by atomic mass is 35.5. The van der Waals surface area contributed by atoms with Gasteiger partial charge in [-0.25, -0.2) is 5.48 Å². The van der Waals surface area contributed by atoms with Crippen molar-refractivity contribution < 1.29 is 4.84 Å². The maximum Gasteiger partial charge on any atom is 0.169 e. The highest BCUT2D eigenvalue weighted by Gasteiger charge is 2.08.